The highest BCUT2D eigenvalue weighted by Gasteiger charge is 2.28. The fourth-order valence-corrected chi connectivity index (χ4v) is 4.33. The van der Waals surface area contributed by atoms with Gasteiger partial charge < -0.3 is 24.6 Å². The number of likely N-dealkylation sites (N-methyl/N-ethyl adjacent to an activating group) is 1. The third-order valence-electron chi connectivity index (χ3n) is 6.61. The Kier molecular flexibility index (Phi) is 10.2. The molecule has 1 unspecified atom stereocenters. The van der Waals surface area contributed by atoms with Crippen LogP contribution in [0.2, 0.25) is 0 Å². The topological polar surface area (TPSA) is 149 Å². The van der Waals surface area contributed by atoms with Gasteiger partial charge in [-0.05, 0) is 50.7 Å². The van der Waals surface area contributed by atoms with E-state index in [1.165, 1.54) is 0 Å². The zero-order valence-corrected chi connectivity index (χ0v) is 24.9. The summed E-state index contributed by atoms with van der Waals surface area (Å²) in [5.74, 6) is -0.981. The van der Waals surface area contributed by atoms with Gasteiger partial charge in [0, 0.05) is 37.3 Å². The third-order valence-corrected chi connectivity index (χ3v) is 6.61. The van der Waals surface area contributed by atoms with Crippen molar-refractivity contribution in [1.29, 1.82) is 0 Å². The van der Waals surface area contributed by atoms with Gasteiger partial charge in [0.15, 0.2) is 5.78 Å². The second-order valence-electron chi connectivity index (χ2n) is 11.3. The first kappa shape index (κ1) is 31.3. The first-order chi connectivity index (χ1) is 20.5. The Bertz CT molecular complexity index is 1410. The van der Waals surface area contributed by atoms with Crippen molar-refractivity contribution in [3.8, 4) is 11.4 Å². The SMILES string of the molecule is CN1CCN(C(=O)c2ccc(-c3nnn(CC(=O)C(CC(=O)OC(C)(C)C)NC(=O)OCc4ccccc4)n3)cc2)CC1. The monoisotopic (exact) mass is 591 g/mol. The number of ketones is 1. The van der Waals surface area contributed by atoms with Crippen LogP contribution in [0, 0.1) is 0 Å². The second-order valence-corrected chi connectivity index (χ2v) is 11.3. The molecular formula is C30H37N7O6. The molecule has 1 fully saturated rings. The van der Waals surface area contributed by atoms with Gasteiger partial charge in [-0.3, -0.25) is 14.4 Å². The molecule has 1 aliphatic heterocycles. The van der Waals surface area contributed by atoms with Gasteiger partial charge in [-0.15, -0.1) is 10.2 Å². The lowest BCUT2D eigenvalue weighted by Gasteiger charge is -2.32. The Morgan fingerprint density at radius 3 is 2.28 bits per heavy atom. The van der Waals surface area contributed by atoms with E-state index in [4.69, 9.17) is 9.47 Å². The number of hydrogen-bond acceptors (Lipinski definition) is 10. The summed E-state index contributed by atoms with van der Waals surface area (Å²) >= 11 is 0. The number of ether oxygens (including phenoxy) is 2. The van der Waals surface area contributed by atoms with E-state index in [2.05, 4.69) is 25.6 Å². The average Bonchev–Trinajstić information content (AvgIpc) is 3.44. The van der Waals surface area contributed by atoms with Crippen LogP contribution in [0.1, 0.15) is 43.1 Å². The lowest BCUT2D eigenvalue weighted by molar-refractivity contribution is -0.156. The Morgan fingerprint density at radius 2 is 1.63 bits per heavy atom. The molecule has 43 heavy (non-hydrogen) atoms. The van der Waals surface area contributed by atoms with Crippen LogP contribution in [0.5, 0.6) is 0 Å². The predicted molar refractivity (Wildman–Crippen MR) is 156 cm³/mol. The number of Topliss-reactive ketones (excluding diaryl/α,β-unsaturated/α-hetero) is 1. The zero-order valence-electron chi connectivity index (χ0n) is 24.9. The number of esters is 1. The van der Waals surface area contributed by atoms with Gasteiger partial charge in [-0.1, -0.05) is 42.5 Å². The van der Waals surface area contributed by atoms with Crippen LogP contribution in [0.3, 0.4) is 0 Å². The molecule has 4 rings (SSSR count). The first-order valence-electron chi connectivity index (χ1n) is 14.0. The van der Waals surface area contributed by atoms with Crippen molar-refractivity contribution in [2.75, 3.05) is 33.2 Å². The zero-order chi connectivity index (χ0) is 31.0. The van der Waals surface area contributed by atoms with Gasteiger partial charge in [0.25, 0.3) is 5.91 Å². The maximum atomic E-state index is 13.2. The molecule has 228 valence electrons. The van der Waals surface area contributed by atoms with E-state index in [1.807, 2.05) is 30.1 Å². The molecule has 0 radical (unpaired) electrons. The summed E-state index contributed by atoms with van der Waals surface area (Å²) in [5.41, 5.74) is 1.17. The molecule has 1 aromatic heterocycles. The summed E-state index contributed by atoms with van der Waals surface area (Å²) in [6.45, 7) is 7.77. The number of tetrazole rings is 1. The number of rotatable bonds is 10. The number of hydrogen-bond donors (Lipinski definition) is 1. The summed E-state index contributed by atoms with van der Waals surface area (Å²) in [6, 6.07) is 14.7. The Morgan fingerprint density at radius 1 is 0.953 bits per heavy atom. The number of nitrogens with zero attached hydrogens (tertiary/aromatic N) is 6. The molecule has 1 atom stereocenters. The fourth-order valence-electron chi connectivity index (χ4n) is 4.33. The van der Waals surface area contributed by atoms with E-state index < -0.39 is 35.9 Å². The molecule has 1 N–H and O–H groups in total. The Balaban J connectivity index is 1.39. The van der Waals surface area contributed by atoms with E-state index in [-0.39, 0.29) is 24.9 Å². The quantitative estimate of drug-likeness (QED) is 0.348. The molecule has 2 aromatic carbocycles. The lowest BCUT2D eigenvalue weighted by atomic mass is 10.1. The predicted octanol–water partition coefficient (Wildman–Crippen LogP) is 2.32. The Labute approximate surface area is 250 Å². The van der Waals surface area contributed by atoms with Crippen LogP contribution >= 0.6 is 0 Å². The van der Waals surface area contributed by atoms with Crippen LogP contribution in [0.4, 0.5) is 4.79 Å². The van der Waals surface area contributed by atoms with Crippen molar-refractivity contribution in [3.05, 3.63) is 65.7 Å². The summed E-state index contributed by atoms with van der Waals surface area (Å²) in [7, 11) is 2.03. The molecule has 0 bridgehead atoms. The second kappa shape index (κ2) is 14.0. The Hall–Kier alpha value is -4.65. The number of benzene rings is 2. The van der Waals surface area contributed by atoms with Crippen molar-refractivity contribution in [1.82, 2.24) is 35.3 Å². The summed E-state index contributed by atoms with van der Waals surface area (Å²) in [4.78, 5) is 56.2. The maximum Gasteiger partial charge on any atom is 0.408 e. The third kappa shape index (κ3) is 9.43. The smallest absolute Gasteiger partial charge is 0.408 e. The molecule has 13 nitrogen and oxygen atoms in total. The molecule has 2 heterocycles. The number of nitrogens with one attached hydrogen (secondary N) is 1. The van der Waals surface area contributed by atoms with E-state index in [1.54, 1.807) is 57.2 Å². The minimum absolute atomic E-state index is 0.00618. The number of piperazine rings is 1. The summed E-state index contributed by atoms with van der Waals surface area (Å²) in [5, 5.41) is 14.7. The lowest BCUT2D eigenvalue weighted by Crippen LogP contribution is -2.47. The highest BCUT2D eigenvalue weighted by Crippen LogP contribution is 2.17. The minimum atomic E-state index is -1.24. The van der Waals surface area contributed by atoms with Crippen LogP contribution in [0.15, 0.2) is 54.6 Å². The molecule has 3 aromatic rings. The highest BCUT2D eigenvalue weighted by atomic mass is 16.6. The van der Waals surface area contributed by atoms with Crippen LogP contribution in [-0.4, -0.2) is 98.6 Å². The van der Waals surface area contributed by atoms with Crippen LogP contribution < -0.4 is 5.32 Å². The van der Waals surface area contributed by atoms with Crippen molar-refractivity contribution in [3.63, 3.8) is 0 Å². The van der Waals surface area contributed by atoms with Crippen LogP contribution in [-0.2, 0) is 32.2 Å². The summed E-state index contributed by atoms with van der Waals surface area (Å²) in [6.07, 6.45) is -1.26. The van der Waals surface area contributed by atoms with Crippen molar-refractivity contribution in [2.45, 2.75) is 52.0 Å². The molecule has 1 saturated heterocycles. The van der Waals surface area contributed by atoms with Gasteiger partial charge in [0.05, 0.1) is 6.42 Å². The van der Waals surface area contributed by atoms with Crippen molar-refractivity contribution >= 4 is 23.8 Å². The molecule has 0 spiro atoms. The van der Waals surface area contributed by atoms with Gasteiger partial charge >= 0.3 is 12.1 Å². The van der Waals surface area contributed by atoms with Gasteiger partial charge in [-0.2, -0.15) is 4.80 Å². The normalized spacial score (nSPS) is 14.6. The highest BCUT2D eigenvalue weighted by molar-refractivity contribution is 5.94. The summed E-state index contributed by atoms with van der Waals surface area (Å²) < 4.78 is 10.6. The van der Waals surface area contributed by atoms with E-state index in [9.17, 15) is 19.2 Å². The maximum absolute atomic E-state index is 13.2. The van der Waals surface area contributed by atoms with Gasteiger partial charge in [0.2, 0.25) is 5.82 Å². The molecule has 0 saturated carbocycles. The largest absolute Gasteiger partial charge is 0.460 e. The molecular weight excluding hydrogens is 554 g/mol. The fraction of sp³-hybridized carbons (Fsp3) is 0.433. The van der Waals surface area contributed by atoms with E-state index >= 15 is 0 Å². The van der Waals surface area contributed by atoms with E-state index in [0.717, 1.165) is 23.4 Å². The average molecular weight is 592 g/mol. The number of alkyl carbamates (subject to hydrolysis) is 1. The van der Waals surface area contributed by atoms with Gasteiger partial charge in [-0.25, -0.2) is 4.79 Å². The standard InChI is InChI=1S/C30H37N7O6/c1-30(2,3)43-26(39)18-24(31-29(41)42-20-21-8-6-5-7-9-21)25(38)19-37-33-27(32-34-37)22-10-12-23(13-11-22)28(40)36-16-14-35(4)15-17-36/h5-13,24H,14-20H2,1-4H3,(H,31,41). The molecule has 13 heteroatoms. The van der Waals surface area contributed by atoms with Gasteiger partial charge in [0.1, 0.15) is 24.8 Å². The number of carbonyl (C=O) groups is 4. The number of amides is 2. The number of carbonyl (C=O) groups excluding carboxylic acids is 4. The van der Waals surface area contributed by atoms with Crippen molar-refractivity contribution in [2.24, 2.45) is 0 Å². The number of aromatic nitrogens is 4. The van der Waals surface area contributed by atoms with Crippen LogP contribution in [0.25, 0.3) is 11.4 Å². The molecule has 1 aliphatic rings. The first-order valence-corrected chi connectivity index (χ1v) is 14.0. The van der Waals surface area contributed by atoms with E-state index in [0.29, 0.717) is 24.2 Å². The molecule has 2 amide bonds. The minimum Gasteiger partial charge on any atom is -0.460 e. The molecule has 0 aliphatic carbocycles. The van der Waals surface area contributed by atoms with Crippen molar-refractivity contribution < 1.29 is 28.7 Å².